The molecule has 6 nitrogen and oxygen atoms in total. The maximum absolute atomic E-state index is 12.3. The molecular weight excluding hydrogens is 507 g/mol. The molecule has 0 aliphatic rings. The van der Waals surface area contributed by atoms with E-state index < -0.39 is 6.61 Å². The number of hydrogen-bond donors (Lipinski definition) is 2. The van der Waals surface area contributed by atoms with E-state index in [4.69, 9.17) is 4.74 Å². The van der Waals surface area contributed by atoms with Gasteiger partial charge in [-0.1, -0.05) is 24.3 Å². The zero-order chi connectivity index (χ0) is 21.2. The summed E-state index contributed by atoms with van der Waals surface area (Å²) in [5.41, 5.74) is 1.70. The summed E-state index contributed by atoms with van der Waals surface area (Å²) in [5.74, 6) is 1.41. The van der Waals surface area contributed by atoms with Crippen molar-refractivity contribution >= 4 is 29.9 Å². The standard InChI is InChI=1S/C21H27F2N3O3.HI/c1-4-24-21(25-13-12-16-6-5-7-18(28-3)19(16)27)26(2)14-15-8-10-17(11-9-15)29-20(22)23;/h5-11,20,27H,4,12-14H2,1-3H3,(H,24,25);1H. The molecule has 0 unspecified atom stereocenters. The van der Waals surface area contributed by atoms with Gasteiger partial charge in [0.2, 0.25) is 0 Å². The van der Waals surface area contributed by atoms with Gasteiger partial charge in [0.1, 0.15) is 5.75 Å². The average Bonchev–Trinajstić information content (AvgIpc) is 2.69. The lowest BCUT2D eigenvalue weighted by atomic mass is 10.1. The summed E-state index contributed by atoms with van der Waals surface area (Å²) < 4.78 is 34.0. The SMILES string of the molecule is CCNC(=NCCc1cccc(OC)c1O)N(C)Cc1ccc(OC(F)F)cc1.I. The quantitative estimate of drug-likeness (QED) is 0.286. The second-order valence-electron chi connectivity index (χ2n) is 6.33. The number of aromatic hydroxyl groups is 1. The fourth-order valence-electron chi connectivity index (χ4n) is 2.81. The van der Waals surface area contributed by atoms with Crippen molar-refractivity contribution in [1.29, 1.82) is 0 Å². The third-order valence-electron chi connectivity index (χ3n) is 4.21. The average molecular weight is 535 g/mol. The molecule has 0 radical (unpaired) electrons. The normalized spacial score (nSPS) is 11.1. The van der Waals surface area contributed by atoms with E-state index in [1.165, 1.54) is 19.2 Å². The summed E-state index contributed by atoms with van der Waals surface area (Å²) in [6, 6.07) is 11.9. The van der Waals surface area contributed by atoms with E-state index >= 15 is 0 Å². The molecule has 0 aliphatic carbocycles. The molecule has 166 valence electrons. The Bertz CT molecular complexity index is 805. The fourth-order valence-corrected chi connectivity index (χ4v) is 2.81. The number of nitrogens with zero attached hydrogens (tertiary/aromatic N) is 2. The Balaban J connectivity index is 0.00000450. The summed E-state index contributed by atoms with van der Waals surface area (Å²) in [5, 5.41) is 13.4. The molecular formula is C21H28F2IN3O3. The predicted octanol–water partition coefficient (Wildman–Crippen LogP) is 4.26. The molecule has 0 aliphatic heterocycles. The summed E-state index contributed by atoms with van der Waals surface area (Å²) in [6.45, 7) is 0.877. The van der Waals surface area contributed by atoms with Gasteiger partial charge in [-0.3, -0.25) is 4.99 Å². The highest BCUT2D eigenvalue weighted by atomic mass is 127. The number of phenols is 1. The summed E-state index contributed by atoms with van der Waals surface area (Å²) >= 11 is 0. The van der Waals surface area contributed by atoms with Crippen molar-refractivity contribution in [2.24, 2.45) is 4.99 Å². The molecule has 0 spiro atoms. The van der Waals surface area contributed by atoms with Crippen molar-refractivity contribution < 1.29 is 23.4 Å². The van der Waals surface area contributed by atoms with Crippen LogP contribution in [0.2, 0.25) is 0 Å². The number of rotatable bonds is 9. The van der Waals surface area contributed by atoms with Crippen molar-refractivity contribution in [2.75, 3.05) is 27.2 Å². The first-order chi connectivity index (χ1) is 13.9. The monoisotopic (exact) mass is 535 g/mol. The van der Waals surface area contributed by atoms with Crippen LogP contribution in [0, 0.1) is 0 Å². The molecule has 0 aromatic heterocycles. The van der Waals surface area contributed by atoms with Crippen LogP contribution in [-0.4, -0.2) is 49.8 Å². The van der Waals surface area contributed by atoms with Gasteiger partial charge in [-0.15, -0.1) is 24.0 Å². The Morgan fingerprint density at radius 3 is 2.50 bits per heavy atom. The van der Waals surface area contributed by atoms with Crippen molar-refractivity contribution in [3.63, 3.8) is 0 Å². The second-order valence-corrected chi connectivity index (χ2v) is 6.33. The van der Waals surface area contributed by atoms with Gasteiger partial charge in [0, 0.05) is 26.7 Å². The number of hydrogen-bond acceptors (Lipinski definition) is 4. The molecule has 0 fully saturated rings. The lowest BCUT2D eigenvalue weighted by Crippen LogP contribution is -2.38. The zero-order valence-electron chi connectivity index (χ0n) is 17.3. The first-order valence-electron chi connectivity index (χ1n) is 9.32. The second kappa shape index (κ2) is 13.1. The van der Waals surface area contributed by atoms with Crippen LogP contribution in [0.5, 0.6) is 17.2 Å². The summed E-state index contributed by atoms with van der Waals surface area (Å²) in [4.78, 5) is 6.56. The summed E-state index contributed by atoms with van der Waals surface area (Å²) in [6.07, 6.45) is 0.561. The Morgan fingerprint density at radius 2 is 1.90 bits per heavy atom. The van der Waals surface area contributed by atoms with E-state index in [1.54, 1.807) is 18.2 Å². The molecule has 0 saturated heterocycles. The van der Waals surface area contributed by atoms with E-state index in [1.807, 2.05) is 31.0 Å². The minimum absolute atomic E-state index is 0. The van der Waals surface area contributed by atoms with Crippen LogP contribution in [0.3, 0.4) is 0 Å². The number of methoxy groups -OCH3 is 1. The smallest absolute Gasteiger partial charge is 0.387 e. The van der Waals surface area contributed by atoms with Gasteiger partial charge in [-0.05, 0) is 42.7 Å². The van der Waals surface area contributed by atoms with Crippen LogP contribution in [-0.2, 0) is 13.0 Å². The van der Waals surface area contributed by atoms with Crippen LogP contribution >= 0.6 is 24.0 Å². The van der Waals surface area contributed by atoms with Gasteiger partial charge >= 0.3 is 6.61 Å². The van der Waals surface area contributed by atoms with Gasteiger partial charge in [-0.25, -0.2) is 0 Å². The Labute approximate surface area is 192 Å². The van der Waals surface area contributed by atoms with Gasteiger partial charge in [0.15, 0.2) is 17.5 Å². The fraction of sp³-hybridized carbons (Fsp3) is 0.381. The Hall–Kier alpha value is -2.30. The van der Waals surface area contributed by atoms with E-state index in [9.17, 15) is 13.9 Å². The number of guanidine groups is 1. The van der Waals surface area contributed by atoms with Crippen molar-refractivity contribution in [3.05, 3.63) is 53.6 Å². The molecule has 9 heteroatoms. The van der Waals surface area contributed by atoms with E-state index in [0.29, 0.717) is 37.8 Å². The minimum atomic E-state index is -2.83. The number of halogens is 3. The zero-order valence-corrected chi connectivity index (χ0v) is 19.6. The molecule has 0 bridgehead atoms. The highest BCUT2D eigenvalue weighted by Crippen LogP contribution is 2.29. The molecule has 2 N–H and O–H groups in total. The molecule has 30 heavy (non-hydrogen) atoms. The van der Waals surface area contributed by atoms with Crippen LogP contribution in [0.25, 0.3) is 0 Å². The molecule has 2 aromatic carbocycles. The van der Waals surface area contributed by atoms with E-state index in [0.717, 1.165) is 11.1 Å². The third kappa shape index (κ3) is 7.85. The predicted molar refractivity (Wildman–Crippen MR) is 124 cm³/mol. The van der Waals surface area contributed by atoms with E-state index in [2.05, 4.69) is 15.0 Å². The first-order valence-corrected chi connectivity index (χ1v) is 9.32. The number of phenolic OH excluding ortho intramolecular Hbond substituents is 1. The van der Waals surface area contributed by atoms with Crippen LogP contribution < -0.4 is 14.8 Å². The number of ether oxygens (including phenoxy) is 2. The van der Waals surface area contributed by atoms with Crippen molar-refractivity contribution in [2.45, 2.75) is 26.5 Å². The highest BCUT2D eigenvalue weighted by molar-refractivity contribution is 14.0. The maximum Gasteiger partial charge on any atom is 0.387 e. The van der Waals surface area contributed by atoms with Gasteiger partial charge in [-0.2, -0.15) is 8.78 Å². The lowest BCUT2D eigenvalue weighted by molar-refractivity contribution is -0.0498. The molecule has 0 amide bonds. The lowest BCUT2D eigenvalue weighted by Gasteiger charge is -2.22. The van der Waals surface area contributed by atoms with Gasteiger partial charge in [0.05, 0.1) is 7.11 Å². The number of alkyl halides is 2. The van der Waals surface area contributed by atoms with Crippen LogP contribution in [0.15, 0.2) is 47.5 Å². The minimum Gasteiger partial charge on any atom is -0.504 e. The van der Waals surface area contributed by atoms with Crippen molar-refractivity contribution in [1.82, 2.24) is 10.2 Å². The van der Waals surface area contributed by atoms with Crippen LogP contribution in [0.1, 0.15) is 18.1 Å². The number of benzene rings is 2. The Morgan fingerprint density at radius 1 is 1.20 bits per heavy atom. The topological polar surface area (TPSA) is 66.3 Å². The third-order valence-corrected chi connectivity index (χ3v) is 4.21. The molecule has 0 atom stereocenters. The van der Waals surface area contributed by atoms with Crippen LogP contribution in [0.4, 0.5) is 8.78 Å². The van der Waals surface area contributed by atoms with Gasteiger partial charge < -0.3 is 24.8 Å². The van der Waals surface area contributed by atoms with E-state index in [-0.39, 0.29) is 35.5 Å². The number of aliphatic imine (C=N–C) groups is 1. The molecule has 2 rings (SSSR count). The molecule has 2 aromatic rings. The molecule has 0 heterocycles. The van der Waals surface area contributed by atoms with Gasteiger partial charge in [0.25, 0.3) is 0 Å². The number of nitrogens with one attached hydrogen (secondary N) is 1. The number of para-hydroxylation sites is 1. The largest absolute Gasteiger partial charge is 0.504 e. The first kappa shape index (κ1) is 25.7. The van der Waals surface area contributed by atoms with Crippen molar-refractivity contribution in [3.8, 4) is 17.2 Å². The Kier molecular flexibility index (Phi) is 11.2. The molecule has 0 saturated carbocycles. The summed E-state index contributed by atoms with van der Waals surface area (Å²) in [7, 11) is 3.41. The maximum atomic E-state index is 12.3. The highest BCUT2D eigenvalue weighted by Gasteiger charge is 2.10.